The molecule has 0 unspecified atom stereocenters. The largest absolute Gasteiger partial charge is 0.396 e. The number of pyridine rings is 1. The minimum atomic E-state index is -0.617. The van der Waals surface area contributed by atoms with Gasteiger partial charge < -0.3 is 10.3 Å². The van der Waals surface area contributed by atoms with E-state index >= 15 is 0 Å². The molecule has 6 heteroatoms. The van der Waals surface area contributed by atoms with Gasteiger partial charge in [0.05, 0.1) is 16.2 Å². The van der Waals surface area contributed by atoms with Gasteiger partial charge in [0.15, 0.2) is 11.2 Å². The van der Waals surface area contributed by atoms with Crippen molar-refractivity contribution in [3.63, 3.8) is 0 Å². The van der Waals surface area contributed by atoms with E-state index in [9.17, 15) is 9.18 Å². The lowest BCUT2D eigenvalue weighted by atomic mass is 10.1. The van der Waals surface area contributed by atoms with Crippen molar-refractivity contribution >= 4 is 44.1 Å². The molecule has 0 radical (unpaired) electrons. The number of fused-ring (bicyclic) bond motifs is 1. The van der Waals surface area contributed by atoms with E-state index < -0.39 is 5.82 Å². The van der Waals surface area contributed by atoms with Crippen molar-refractivity contribution in [2.75, 3.05) is 5.73 Å². The molecule has 23 heavy (non-hydrogen) atoms. The summed E-state index contributed by atoms with van der Waals surface area (Å²) >= 11 is 9.17. The number of nitrogen functional groups attached to an aromatic ring is 1. The van der Waals surface area contributed by atoms with Crippen LogP contribution in [-0.4, -0.2) is 4.57 Å². The molecule has 0 saturated carbocycles. The molecule has 0 aliphatic carbocycles. The highest BCUT2D eigenvalue weighted by Crippen LogP contribution is 2.26. The van der Waals surface area contributed by atoms with E-state index in [1.165, 1.54) is 6.07 Å². The molecule has 0 atom stereocenters. The Labute approximate surface area is 145 Å². The summed E-state index contributed by atoms with van der Waals surface area (Å²) in [6.45, 7) is 2.18. The maximum absolute atomic E-state index is 13.9. The summed E-state index contributed by atoms with van der Waals surface area (Å²) in [6.07, 6.45) is 0. The van der Waals surface area contributed by atoms with Crippen LogP contribution in [0.15, 0.2) is 45.7 Å². The van der Waals surface area contributed by atoms with E-state index in [1.807, 2.05) is 23.6 Å². The molecule has 3 rings (SSSR count). The van der Waals surface area contributed by atoms with Gasteiger partial charge in [-0.05, 0) is 36.8 Å². The van der Waals surface area contributed by atoms with E-state index in [4.69, 9.17) is 17.3 Å². The first-order valence-corrected chi connectivity index (χ1v) is 8.07. The zero-order valence-corrected chi connectivity index (χ0v) is 14.6. The van der Waals surface area contributed by atoms with E-state index in [-0.39, 0.29) is 16.1 Å². The molecule has 0 fully saturated rings. The van der Waals surface area contributed by atoms with E-state index in [2.05, 4.69) is 15.9 Å². The number of nitrogens with zero attached hydrogens (tertiary/aromatic N) is 1. The fourth-order valence-electron chi connectivity index (χ4n) is 2.60. The minimum absolute atomic E-state index is 0.00418. The molecule has 2 aromatic carbocycles. The molecule has 0 aliphatic rings. The number of hydrogen-bond donors (Lipinski definition) is 1. The van der Waals surface area contributed by atoms with Gasteiger partial charge in [-0.2, -0.15) is 0 Å². The molecule has 0 amide bonds. The molecule has 2 N–H and O–H groups in total. The topological polar surface area (TPSA) is 48.0 Å². The van der Waals surface area contributed by atoms with Crippen molar-refractivity contribution in [2.45, 2.75) is 13.5 Å². The van der Waals surface area contributed by atoms with Gasteiger partial charge in [-0.15, -0.1) is 0 Å². The van der Waals surface area contributed by atoms with Crippen LogP contribution >= 0.6 is 27.5 Å². The van der Waals surface area contributed by atoms with Gasteiger partial charge in [0.1, 0.15) is 0 Å². The third kappa shape index (κ3) is 2.86. The zero-order chi connectivity index (χ0) is 16.7. The molecule has 1 heterocycles. The number of aryl methyl sites for hydroxylation is 1. The van der Waals surface area contributed by atoms with Gasteiger partial charge in [-0.3, -0.25) is 4.79 Å². The smallest absolute Gasteiger partial charge is 0.189 e. The van der Waals surface area contributed by atoms with Crippen LogP contribution in [0.1, 0.15) is 11.3 Å². The number of anilines is 1. The SMILES string of the molecule is Cc1cc(=O)c2ccc(Br)cc2n1Cc1ccc(Cl)c(F)c1N. The average molecular weight is 396 g/mol. The van der Waals surface area contributed by atoms with E-state index in [0.29, 0.717) is 17.5 Å². The molecule has 1 aromatic heterocycles. The van der Waals surface area contributed by atoms with Crippen LogP contribution in [-0.2, 0) is 6.54 Å². The summed E-state index contributed by atoms with van der Waals surface area (Å²) in [4.78, 5) is 12.2. The van der Waals surface area contributed by atoms with Crippen LogP contribution in [0.2, 0.25) is 5.02 Å². The third-order valence-corrected chi connectivity index (χ3v) is 4.62. The van der Waals surface area contributed by atoms with E-state index in [0.717, 1.165) is 15.7 Å². The van der Waals surface area contributed by atoms with Crippen molar-refractivity contribution < 1.29 is 4.39 Å². The lowest BCUT2D eigenvalue weighted by molar-refractivity contribution is 0.629. The predicted molar refractivity (Wildman–Crippen MR) is 95.6 cm³/mol. The highest BCUT2D eigenvalue weighted by molar-refractivity contribution is 9.10. The highest BCUT2D eigenvalue weighted by atomic mass is 79.9. The van der Waals surface area contributed by atoms with E-state index in [1.54, 1.807) is 18.2 Å². The van der Waals surface area contributed by atoms with Crippen LogP contribution < -0.4 is 11.2 Å². The van der Waals surface area contributed by atoms with Gasteiger partial charge in [0.25, 0.3) is 0 Å². The van der Waals surface area contributed by atoms with Crippen LogP contribution in [0.4, 0.5) is 10.1 Å². The third-order valence-electron chi connectivity index (χ3n) is 3.83. The molecular weight excluding hydrogens is 383 g/mol. The minimum Gasteiger partial charge on any atom is -0.396 e. The molecule has 118 valence electrons. The molecule has 0 bridgehead atoms. The summed E-state index contributed by atoms with van der Waals surface area (Å²) in [7, 11) is 0. The lowest BCUT2D eigenvalue weighted by Crippen LogP contribution is -2.14. The van der Waals surface area contributed by atoms with Gasteiger partial charge in [0, 0.05) is 28.2 Å². The number of halogens is 3. The van der Waals surface area contributed by atoms with Gasteiger partial charge >= 0.3 is 0 Å². The summed E-state index contributed by atoms with van der Waals surface area (Å²) in [5.74, 6) is -0.617. The standard InChI is InChI=1S/C17H13BrClFN2O/c1-9-6-15(23)12-4-3-11(18)7-14(12)22(9)8-10-2-5-13(19)16(20)17(10)21/h2-7H,8,21H2,1H3. The number of nitrogens with two attached hydrogens (primary N) is 1. The van der Waals surface area contributed by atoms with Crippen molar-refractivity contribution in [1.82, 2.24) is 4.57 Å². The maximum Gasteiger partial charge on any atom is 0.189 e. The van der Waals surface area contributed by atoms with Crippen molar-refractivity contribution in [3.8, 4) is 0 Å². The molecule has 0 saturated heterocycles. The second-order valence-corrected chi connectivity index (χ2v) is 6.65. The first-order valence-electron chi connectivity index (χ1n) is 6.90. The monoisotopic (exact) mass is 394 g/mol. The zero-order valence-electron chi connectivity index (χ0n) is 12.2. The highest BCUT2D eigenvalue weighted by Gasteiger charge is 2.13. The first-order chi connectivity index (χ1) is 10.9. The number of aromatic nitrogens is 1. The molecule has 3 aromatic rings. The van der Waals surface area contributed by atoms with Crippen molar-refractivity contribution in [1.29, 1.82) is 0 Å². The Morgan fingerprint density at radius 3 is 2.74 bits per heavy atom. The van der Waals surface area contributed by atoms with Crippen molar-refractivity contribution in [2.24, 2.45) is 0 Å². The molecule has 0 aliphatic heterocycles. The summed E-state index contributed by atoms with van der Waals surface area (Å²) < 4.78 is 16.7. The summed E-state index contributed by atoms with van der Waals surface area (Å²) in [5.41, 5.74) is 7.97. The quantitative estimate of drug-likeness (QED) is 0.650. The fraction of sp³-hybridized carbons (Fsp3) is 0.118. The van der Waals surface area contributed by atoms with Crippen molar-refractivity contribution in [3.05, 3.63) is 73.2 Å². The van der Waals surface area contributed by atoms with Crippen LogP contribution in [0, 0.1) is 12.7 Å². The Balaban J connectivity index is 2.23. The number of benzene rings is 2. The fourth-order valence-corrected chi connectivity index (χ4v) is 3.11. The van der Waals surface area contributed by atoms with Gasteiger partial charge in [0.2, 0.25) is 0 Å². The Morgan fingerprint density at radius 1 is 1.26 bits per heavy atom. The van der Waals surface area contributed by atoms with Gasteiger partial charge in [-0.1, -0.05) is 33.6 Å². The second kappa shape index (κ2) is 5.98. The Morgan fingerprint density at radius 2 is 2.00 bits per heavy atom. The maximum atomic E-state index is 13.9. The molecule has 0 spiro atoms. The van der Waals surface area contributed by atoms with Gasteiger partial charge in [-0.25, -0.2) is 4.39 Å². The van der Waals surface area contributed by atoms with Crippen LogP contribution in [0.5, 0.6) is 0 Å². The Bertz CT molecular complexity index is 984. The normalized spacial score (nSPS) is 11.1. The second-order valence-electron chi connectivity index (χ2n) is 5.33. The lowest BCUT2D eigenvalue weighted by Gasteiger charge is -2.16. The average Bonchev–Trinajstić information content (AvgIpc) is 2.50. The molecule has 3 nitrogen and oxygen atoms in total. The molecular formula is C17H13BrClFN2O. The summed E-state index contributed by atoms with van der Waals surface area (Å²) in [5, 5.41) is 0.599. The van der Waals surface area contributed by atoms with Crippen LogP contribution in [0.3, 0.4) is 0 Å². The first kappa shape index (κ1) is 16.0. The summed E-state index contributed by atoms with van der Waals surface area (Å²) in [6, 6.07) is 10.2. The number of rotatable bonds is 2. The predicted octanol–water partition coefficient (Wildman–Crippen LogP) is 4.50. The Hall–Kier alpha value is -1.85. The Kier molecular flexibility index (Phi) is 4.17. The number of hydrogen-bond acceptors (Lipinski definition) is 2. The van der Waals surface area contributed by atoms with Crippen LogP contribution in [0.25, 0.3) is 10.9 Å².